The zero-order valence-corrected chi connectivity index (χ0v) is 17.0. The van der Waals surface area contributed by atoms with E-state index in [2.05, 4.69) is 57.6 Å². The van der Waals surface area contributed by atoms with Gasteiger partial charge in [-0.05, 0) is 69.0 Å². The van der Waals surface area contributed by atoms with Gasteiger partial charge in [0, 0.05) is 17.5 Å². The lowest BCUT2D eigenvalue weighted by Crippen LogP contribution is -2.25. The van der Waals surface area contributed by atoms with E-state index in [4.69, 9.17) is 9.72 Å². The Kier molecular flexibility index (Phi) is 4.22. The number of fused-ring (bicyclic) bond motifs is 5. The third-order valence-corrected chi connectivity index (χ3v) is 6.30. The van der Waals surface area contributed by atoms with Gasteiger partial charge in [0.15, 0.2) is 11.5 Å². The third-order valence-electron chi connectivity index (χ3n) is 5.50. The fraction of sp³-hybridized carbons (Fsp3) is 0.174. The quantitative estimate of drug-likeness (QED) is 0.426. The number of phenols is 1. The van der Waals surface area contributed by atoms with Gasteiger partial charge in [-0.2, -0.15) is 0 Å². The number of phenolic OH excluding ortho intramolecular Hbond substituents is 1. The van der Waals surface area contributed by atoms with Crippen molar-refractivity contribution in [3.63, 3.8) is 0 Å². The predicted molar refractivity (Wildman–Crippen MR) is 116 cm³/mol. The van der Waals surface area contributed by atoms with Crippen molar-refractivity contribution in [3.8, 4) is 22.8 Å². The summed E-state index contributed by atoms with van der Waals surface area (Å²) in [6, 6.07) is 16.4. The Morgan fingerprint density at radius 1 is 1.07 bits per heavy atom. The van der Waals surface area contributed by atoms with Crippen LogP contribution in [0.25, 0.3) is 32.9 Å². The first-order valence-corrected chi connectivity index (χ1v) is 10.1. The summed E-state index contributed by atoms with van der Waals surface area (Å²) in [7, 11) is 1.55. The minimum atomic E-state index is 0.0953. The molecule has 140 valence electrons. The van der Waals surface area contributed by atoms with Crippen LogP contribution in [0.1, 0.15) is 11.1 Å². The van der Waals surface area contributed by atoms with E-state index >= 15 is 0 Å². The van der Waals surface area contributed by atoms with Crippen LogP contribution in [-0.4, -0.2) is 23.7 Å². The van der Waals surface area contributed by atoms with Gasteiger partial charge in [-0.3, -0.25) is 0 Å². The van der Waals surface area contributed by atoms with E-state index in [-0.39, 0.29) is 5.75 Å². The summed E-state index contributed by atoms with van der Waals surface area (Å²) in [5.41, 5.74) is 5.29. The largest absolute Gasteiger partial charge is 0.503 e. The predicted octanol–water partition coefficient (Wildman–Crippen LogP) is 5.18. The summed E-state index contributed by atoms with van der Waals surface area (Å²) in [5.74, 6) is 0.535. The van der Waals surface area contributed by atoms with Gasteiger partial charge in [0.05, 0.1) is 22.8 Å². The molecule has 0 radical (unpaired) electrons. The van der Waals surface area contributed by atoms with Gasteiger partial charge >= 0.3 is 0 Å². The number of benzene rings is 3. The first-order valence-electron chi connectivity index (χ1n) is 9.29. The SMILES string of the molecule is COc1ccc(-c2nc3ccc4ccccc4c3c3c2CNCC3)c(Br)c1O. The molecule has 2 heterocycles. The molecule has 1 aliphatic rings. The number of nitrogens with zero attached hydrogens (tertiary/aromatic N) is 1. The van der Waals surface area contributed by atoms with Gasteiger partial charge in [0.25, 0.3) is 0 Å². The van der Waals surface area contributed by atoms with E-state index in [1.165, 1.54) is 27.3 Å². The molecular weight excluding hydrogens is 416 g/mol. The van der Waals surface area contributed by atoms with Gasteiger partial charge in [-0.1, -0.05) is 30.3 Å². The Morgan fingerprint density at radius 2 is 1.93 bits per heavy atom. The number of hydrogen-bond acceptors (Lipinski definition) is 4. The second-order valence-electron chi connectivity index (χ2n) is 7.00. The molecule has 1 aromatic heterocycles. The zero-order valence-electron chi connectivity index (χ0n) is 15.4. The van der Waals surface area contributed by atoms with Crippen molar-refractivity contribution in [2.45, 2.75) is 13.0 Å². The molecule has 1 aliphatic heterocycles. The number of rotatable bonds is 2. The molecule has 3 aromatic carbocycles. The van der Waals surface area contributed by atoms with Gasteiger partial charge in [0.1, 0.15) is 0 Å². The fourth-order valence-electron chi connectivity index (χ4n) is 4.16. The minimum Gasteiger partial charge on any atom is -0.503 e. The number of aromatic hydroxyl groups is 1. The van der Waals surface area contributed by atoms with E-state index in [0.717, 1.165) is 36.3 Å². The highest BCUT2D eigenvalue weighted by molar-refractivity contribution is 9.10. The highest BCUT2D eigenvalue weighted by atomic mass is 79.9. The number of ether oxygens (including phenoxy) is 1. The average Bonchev–Trinajstić information content (AvgIpc) is 2.75. The highest BCUT2D eigenvalue weighted by Gasteiger charge is 2.23. The molecule has 0 saturated carbocycles. The van der Waals surface area contributed by atoms with Crippen LogP contribution in [0.4, 0.5) is 0 Å². The van der Waals surface area contributed by atoms with Crippen LogP contribution in [0.5, 0.6) is 11.5 Å². The van der Waals surface area contributed by atoms with Gasteiger partial charge in [-0.15, -0.1) is 0 Å². The van der Waals surface area contributed by atoms with Gasteiger partial charge in [-0.25, -0.2) is 4.98 Å². The molecule has 4 aromatic rings. The molecule has 0 spiro atoms. The Hall–Kier alpha value is -2.63. The molecular formula is C23H19BrN2O2. The Bertz CT molecular complexity index is 1240. The molecule has 0 bridgehead atoms. The van der Waals surface area contributed by atoms with Crippen molar-refractivity contribution in [3.05, 3.63) is 64.1 Å². The Morgan fingerprint density at radius 3 is 2.79 bits per heavy atom. The van der Waals surface area contributed by atoms with Crippen molar-refractivity contribution in [1.82, 2.24) is 10.3 Å². The molecule has 4 nitrogen and oxygen atoms in total. The highest BCUT2D eigenvalue weighted by Crippen LogP contribution is 2.43. The minimum absolute atomic E-state index is 0.0953. The van der Waals surface area contributed by atoms with Crippen LogP contribution >= 0.6 is 15.9 Å². The number of pyridine rings is 1. The van der Waals surface area contributed by atoms with Crippen LogP contribution in [-0.2, 0) is 13.0 Å². The fourth-order valence-corrected chi connectivity index (χ4v) is 4.68. The number of hydrogen-bond donors (Lipinski definition) is 2. The number of methoxy groups -OCH3 is 1. The Balaban J connectivity index is 1.87. The second-order valence-corrected chi connectivity index (χ2v) is 7.80. The standard InChI is InChI=1S/C23H19BrN2O2/c1-28-19-9-7-16(21(24)23(19)27)22-17-12-25-11-10-15(17)20-14-5-3-2-4-13(14)6-8-18(20)26-22/h2-9,25,27H,10-12H2,1H3. The summed E-state index contributed by atoms with van der Waals surface area (Å²) in [6.45, 7) is 1.71. The van der Waals surface area contributed by atoms with E-state index in [1.807, 2.05) is 6.07 Å². The Labute approximate surface area is 171 Å². The molecule has 28 heavy (non-hydrogen) atoms. The lowest BCUT2D eigenvalue weighted by atomic mass is 9.90. The summed E-state index contributed by atoms with van der Waals surface area (Å²) < 4.78 is 5.84. The van der Waals surface area contributed by atoms with Crippen molar-refractivity contribution >= 4 is 37.6 Å². The zero-order chi connectivity index (χ0) is 19.3. The monoisotopic (exact) mass is 434 g/mol. The normalized spacial score (nSPS) is 13.6. The average molecular weight is 435 g/mol. The lowest BCUT2D eigenvalue weighted by Gasteiger charge is -2.23. The van der Waals surface area contributed by atoms with Crippen LogP contribution in [0.2, 0.25) is 0 Å². The van der Waals surface area contributed by atoms with Crippen LogP contribution < -0.4 is 10.1 Å². The van der Waals surface area contributed by atoms with Crippen molar-refractivity contribution in [2.75, 3.05) is 13.7 Å². The number of nitrogens with one attached hydrogen (secondary N) is 1. The maximum absolute atomic E-state index is 10.5. The number of aromatic nitrogens is 1. The van der Waals surface area contributed by atoms with Crippen LogP contribution in [0.3, 0.4) is 0 Å². The first kappa shape index (κ1) is 17.5. The topological polar surface area (TPSA) is 54.4 Å². The van der Waals surface area contributed by atoms with Crippen molar-refractivity contribution in [1.29, 1.82) is 0 Å². The molecule has 0 unspecified atom stereocenters. The molecule has 0 atom stereocenters. The van der Waals surface area contributed by atoms with E-state index in [1.54, 1.807) is 13.2 Å². The smallest absolute Gasteiger partial charge is 0.172 e. The van der Waals surface area contributed by atoms with Crippen molar-refractivity contribution < 1.29 is 9.84 Å². The summed E-state index contributed by atoms with van der Waals surface area (Å²) in [4.78, 5) is 5.04. The maximum atomic E-state index is 10.5. The van der Waals surface area contributed by atoms with E-state index < -0.39 is 0 Å². The van der Waals surface area contributed by atoms with Gasteiger partial charge in [0.2, 0.25) is 0 Å². The van der Waals surface area contributed by atoms with E-state index in [9.17, 15) is 5.11 Å². The molecule has 0 fully saturated rings. The van der Waals surface area contributed by atoms with Crippen molar-refractivity contribution in [2.24, 2.45) is 0 Å². The molecule has 2 N–H and O–H groups in total. The first-order chi connectivity index (χ1) is 13.7. The van der Waals surface area contributed by atoms with Crippen LogP contribution in [0, 0.1) is 0 Å². The summed E-state index contributed by atoms with van der Waals surface area (Å²) in [5, 5.41) is 17.7. The summed E-state index contributed by atoms with van der Waals surface area (Å²) >= 11 is 3.55. The molecule has 5 heteroatoms. The number of halogens is 1. The molecule has 5 rings (SSSR count). The maximum Gasteiger partial charge on any atom is 0.172 e. The molecule has 0 saturated heterocycles. The molecule has 0 amide bonds. The van der Waals surface area contributed by atoms with E-state index in [0.29, 0.717) is 10.2 Å². The molecule has 0 aliphatic carbocycles. The second kappa shape index (κ2) is 6.76. The van der Waals surface area contributed by atoms with Gasteiger partial charge < -0.3 is 15.2 Å². The van der Waals surface area contributed by atoms with Crippen LogP contribution in [0.15, 0.2) is 53.0 Å². The third kappa shape index (κ3) is 2.58. The lowest BCUT2D eigenvalue weighted by molar-refractivity contribution is 0.372. The summed E-state index contributed by atoms with van der Waals surface area (Å²) in [6.07, 6.45) is 0.953.